The molecule has 0 amide bonds. The van der Waals surface area contributed by atoms with E-state index in [-0.39, 0.29) is 5.97 Å². The van der Waals surface area contributed by atoms with Crippen molar-refractivity contribution in [2.75, 3.05) is 6.61 Å². The zero-order chi connectivity index (χ0) is 14.8. The minimum absolute atomic E-state index is 0.343. The topological polar surface area (TPSA) is 65.0 Å². The van der Waals surface area contributed by atoms with Gasteiger partial charge in [-0.3, -0.25) is 4.98 Å². The van der Waals surface area contributed by atoms with Gasteiger partial charge in [0.1, 0.15) is 5.69 Å². The lowest BCUT2D eigenvalue weighted by atomic mass is 10.1. The van der Waals surface area contributed by atoms with Crippen molar-refractivity contribution in [3.05, 3.63) is 41.3 Å². The van der Waals surface area contributed by atoms with Crippen LogP contribution in [0.25, 0.3) is 11.5 Å². The first-order valence-electron chi connectivity index (χ1n) is 7.16. The molecular formula is C16H17N3O2. The standard InChI is InChI=1S/C16H17N3O2/c1-3-21-16(20)12-9-18-15(19-14(12)11-6-7-11)13-10(2)5-4-8-17-13/h4-5,8-9,11H,3,6-7H2,1-2H3. The van der Waals surface area contributed by atoms with Crippen LogP contribution in [0.2, 0.25) is 0 Å². The molecule has 0 atom stereocenters. The number of hydrogen-bond acceptors (Lipinski definition) is 5. The molecule has 2 aromatic heterocycles. The quantitative estimate of drug-likeness (QED) is 0.807. The third-order valence-corrected chi connectivity index (χ3v) is 3.50. The van der Waals surface area contributed by atoms with Crippen molar-refractivity contribution in [1.82, 2.24) is 15.0 Å². The van der Waals surface area contributed by atoms with Crippen LogP contribution in [0.4, 0.5) is 0 Å². The summed E-state index contributed by atoms with van der Waals surface area (Å²) in [4.78, 5) is 25.2. The van der Waals surface area contributed by atoms with Crippen LogP contribution in [0.1, 0.15) is 47.3 Å². The van der Waals surface area contributed by atoms with Crippen LogP contribution >= 0.6 is 0 Å². The number of carbonyl (C=O) groups excluding carboxylic acids is 1. The van der Waals surface area contributed by atoms with E-state index in [4.69, 9.17) is 4.74 Å². The van der Waals surface area contributed by atoms with Crippen LogP contribution in [-0.4, -0.2) is 27.5 Å². The van der Waals surface area contributed by atoms with Gasteiger partial charge in [0.05, 0.1) is 17.9 Å². The van der Waals surface area contributed by atoms with E-state index in [9.17, 15) is 4.79 Å². The van der Waals surface area contributed by atoms with E-state index in [0.717, 1.165) is 29.8 Å². The number of aryl methyl sites for hydroxylation is 1. The summed E-state index contributed by atoms with van der Waals surface area (Å²) < 4.78 is 5.08. The molecule has 0 radical (unpaired) electrons. The summed E-state index contributed by atoms with van der Waals surface area (Å²) >= 11 is 0. The second kappa shape index (κ2) is 5.60. The van der Waals surface area contributed by atoms with E-state index >= 15 is 0 Å². The van der Waals surface area contributed by atoms with Gasteiger partial charge in [-0.25, -0.2) is 14.8 Å². The summed E-state index contributed by atoms with van der Waals surface area (Å²) in [6.45, 7) is 4.12. The number of nitrogens with zero attached hydrogens (tertiary/aromatic N) is 3. The van der Waals surface area contributed by atoms with E-state index in [1.54, 1.807) is 19.3 Å². The average Bonchev–Trinajstić information content (AvgIpc) is 3.32. The third kappa shape index (κ3) is 2.77. The van der Waals surface area contributed by atoms with Gasteiger partial charge in [0.15, 0.2) is 5.82 Å². The summed E-state index contributed by atoms with van der Waals surface area (Å²) in [5.41, 5.74) is 3.05. The fraction of sp³-hybridized carbons (Fsp3) is 0.375. The summed E-state index contributed by atoms with van der Waals surface area (Å²) in [6, 6.07) is 3.86. The molecule has 0 aliphatic heterocycles. The van der Waals surface area contributed by atoms with Crippen LogP contribution in [0.3, 0.4) is 0 Å². The molecule has 108 valence electrons. The van der Waals surface area contributed by atoms with Crippen molar-refractivity contribution in [3.8, 4) is 11.5 Å². The molecule has 1 saturated carbocycles. The van der Waals surface area contributed by atoms with Gasteiger partial charge >= 0.3 is 5.97 Å². The van der Waals surface area contributed by atoms with Gasteiger partial charge in [0.25, 0.3) is 0 Å². The zero-order valence-electron chi connectivity index (χ0n) is 12.2. The van der Waals surface area contributed by atoms with Crippen molar-refractivity contribution in [1.29, 1.82) is 0 Å². The van der Waals surface area contributed by atoms with Crippen molar-refractivity contribution >= 4 is 5.97 Å². The minimum atomic E-state index is -0.344. The van der Waals surface area contributed by atoms with Crippen molar-refractivity contribution in [2.45, 2.75) is 32.6 Å². The Hall–Kier alpha value is -2.30. The number of esters is 1. The van der Waals surface area contributed by atoms with E-state index in [1.807, 2.05) is 19.1 Å². The molecular weight excluding hydrogens is 266 g/mol. The molecule has 0 N–H and O–H groups in total. The Morgan fingerprint density at radius 1 is 1.38 bits per heavy atom. The molecule has 0 unspecified atom stereocenters. The highest BCUT2D eigenvalue weighted by Crippen LogP contribution is 2.41. The van der Waals surface area contributed by atoms with Gasteiger partial charge in [-0.15, -0.1) is 0 Å². The van der Waals surface area contributed by atoms with Gasteiger partial charge in [0, 0.05) is 18.3 Å². The molecule has 0 saturated heterocycles. The van der Waals surface area contributed by atoms with Gasteiger partial charge in [-0.2, -0.15) is 0 Å². The Morgan fingerprint density at radius 3 is 2.86 bits per heavy atom. The SMILES string of the molecule is CCOC(=O)c1cnc(-c2ncccc2C)nc1C1CC1. The van der Waals surface area contributed by atoms with Gasteiger partial charge in [-0.1, -0.05) is 6.07 Å². The Kier molecular flexibility index (Phi) is 3.64. The predicted octanol–water partition coefficient (Wildman–Crippen LogP) is 2.90. The molecule has 5 heteroatoms. The maximum Gasteiger partial charge on any atom is 0.341 e. The fourth-order valence-electron chi connectivity index (χ4n) is 2.26. The predicted molar refractivity (Wildman–Crippen MR) is 77.9 cm³/mol. The van der Waals surface area contributed by atoms with E-state index in [1.165, 1.54) is 0 Å². The van der Waals surface area contributed by atoms with Crippen LogP contribution in [0.15, 0.2) is 24.5 Å². The molecule has 0 spiro atoms. The fourth-order valence-corrected chi connectivity index (χ4v) is 2.26. The second-order valence-electron chi connectivity index (χ2n) is 5.16. The number of carbonyl (C=O) groups is 1. The molecule has 0 bridgehead atoms. The summed E-state index contributed by atoms with van der Waals surface area (Å²) in [5.74, 6) is 0.571. The van der Waals surface area contributed by atoms with Crippen molar-refractivity contribution in [2.24, 2.45) is 0 Å². The number of pyridine rings is 1. The molecule has 1 aliphatic carbocycles. The smallest absolute Gasteiger partial charge is 0.341 e. The average molecular weight is 283 g/mol. The largest absolute Gasteiger partial charge is 0.462 e. The molecule has 21 heavy (non-hydrogen) atoms. The zero-order valence-corrected chi connectivity index (χ0v) is 12.2. The maximum atomic E-state index is 12.0. The van der Waals surface area contributed by atoms with Crippen LogP contribution in [0.5, 0.6) is 0 Å². The Morgan fingerprint density at radius 2 is 2.19 bits per heavy atom. The molecule has 1 fully saturated rings. The Balaban J connectivity index is 2.04. The second-order valence-corrected chi connectivity index (χ2v) is 5.16. The highest BCUT2D eigenvalue weighted by molar-refractivity contribution is 5.90. The van der Waals surface area contributed by atoms with Gasteiger partial charge in [-0.05, 0) is 38.3 Å². The van der Waals surface area contributed by atoms with Gasteiger partial charge in [0.2, 0.25) is 0 Å². The van der Waals surface area contributed by atoms with Crippen molar-refractivity contribution in [3.63, 3.8) is 0 Å². The molecule has 1 aliphatic rings. The number of aromatic nitrogens is 3. The molecule has 2 heterocycles. The first-order chi connectivity index (χ1) is 10.2. The van der Waals surface area contributed by atoms with Crippen LogP contribution in [-0.2, 0) is 4.74 Å². The third-order valence-electron chi connectivity index (χ3n) is 3.50. The molecule has 5 nitrogen and oxygen atoms in total. The first-order valence-corrected chi connectivity index (χ1v) is 7.16. The van der Waals surface area contributed by atoms with E-state index < -0.39 is 0 Å². The van der Waals surface area contributed by atoms with Crippen LogP contribution < -0.4 is 0 Å². The Bertz CT molecular complexity index is 681. The highest BCUT2D eigenvalue weighted by atomic mass is 16.5. The molecule has 0 aromatic carbocycles. The summed E-state index contributed by atoms with van der Waals surface area (Å²) in [7, 11) is 0. The highest BCUT2D eigenvalue weighted by Gasteiger charge is 2.31. The first kappa shape index (κ1) is 13.7. The monoisotopic (exact) mass is 283 g/mol. The summed E-state index contributed by atoms with van der Waals surface area (Å²) in [6.07, 6.45) is 5.41. The maximum absolute atomic E-state index is 12.0. The lowest BCUT2D eigenvalue weighted by molar-refractivity contribution is 0.0524. The van der Waals surface area contributed by atoms with E-state index in [0.29, 0.717) is 23.9 Å². The van der Waals surface area contributed by atoms with E-state index in [2.05, 4.69) is 15.0 Å². The molecule has 2 aromatic rings. The lowest BCUT2D eigenvalue weighted by Crippen LogP contribution is -2.11. The molecule has 3 rings (SSSR count). The summed E-state index contributed by atoms with van der Waals surface area (Å²) in [5, 5.41) is 0. The van der Waals surface area contributed by atoms with Crippen molar-refractivity contribution < 1.29 is 9.53 Å². The van der Waals surface area contributed by atoms with Gasteiger partial charge < -0.3 is 4.74 Å². The number of ether oxygens (including phenoxy) is 1. The normalized spacial score (nSPS) is 14.0. The number of hydrogen-bond donors (Lipinski definition) is 0. The lowest BCUT2D eigenvalue weighted by Gasteiger charge is -2.09. The minimum Gasteiger partial charge on any atom is -0.462 e. The van der Waals surface area contributed by atoms with Crippen LogP contribution in [0, 0.1) is 6.92 Å². The Labute approximate surface area is 123 Å². The number of rotatable bonds is 4.